The van der Waals surface area contributed by atoms with E-state index in [-0.39, 0.29) is 18.4 Å². The van der Waals surface area contributed by atoms with Crippen LogP contribution in [0.3, 0.4) is 0 Å². The highest BCUT2D eigenvalue weighted by molar-refractivity contribution is 5.95. The molecule has 5 heteroatoms. The molecule has 2 aromatic carbocycles. The van der Waals surface area contributed by atoms with Gasteiger partial charge in [0.15, 0.2) is 6.61 Å². The summed E-state index contributed by atoms with van der Waals surface area (Å²) in [5, 5.41) is 5.66. The first-order chi connectivity index (χ1) is 11.6. The summed E-state index contributed by atoms with van der Waals surface area (Å²) in [5.41, 5.74) is 3.98. The minimum atomic E-state index is -0.153. The normalized spacial score (nSPS) is 12.8. The lowest BCUT2D eigenvalue weighted by atomic mass is 10.1. The lowest BCUT2D eigenvalue weighted by Gasteiger charge is -2.18. The monoisotopic (exact) mass is 324 g/mol. The molecule has 24 heavy (non-hydrogen) atoms. The average Bonchev–Trinajstić information content (AvgIpc) is 2.59. The van der Waals surface area contributed by atoms with Gasteiger partial charge in [-0.1, -0.05) is 35.9 Å². The van der Waals surface area contributed by atoms with Crippen molar-refractivity contribution in [2.75, 3.05) is 11.9 Å². The summed E-state index contributed by atoms with van der Waals surface area (Å²) in [7, 11) is 0. The van der Waals surface area contributed by atoms with E-state index in [9.17, 15) is 9.59 Å². The van der Waals surface area contributed by atoms with Gasteiger partial charge >= 0.3 is 0 Å². The summed E-state index contributed by atoms with van der Waals surface area (Å²) in [5.74, 6) is 0.503. The Balaban J connectivity index is 1.49. The fourth-order valence-electron chi connectivity index (χ4n) is 2.53. The Morgan fingerprint density at radius 2 is 1.92 bits per heavy atom. The summed E-state index contributed by atoms with van der Waals surface area (Å²) < 4.78 is 5.37. The first-order valence-corrected chi connectivity index (χ1v) is 7.98. The van der Waals surface area contributed by atoms with Gasteiger partial charge in [0.2, 0.25) is 5.91 Å². The van der Waals surface area contributed by atoms with E-state index in [4.69, 9.17) is 4.74 Å². The molecule has 0 fully saturated rings. The van der Waals surface area contributed by atoms with Crippen molar-refractivity contribution in [3.63, 3.8) is 0 Å². The zero-order chi connectivity index (χ0) is 16.9. The van der Waals surface area contributed by atoms with Gasteiger partial charge in [-0.2, -0.15) is 0 Å². The Hall–Kier alpha value is -2.82. The van der Waals surface area contributed by atoms with Crippen LogP contribution >= 0.6 is 0 Å². The van der Waals surface area contributed by atoms with Crippen molar-refractivity contribution in [2.24, 2.45) is 0 Å². The number of hydrogen-bond donors (Lipinski definition) is 2. The lowest BCUT2D eigenvalue weighted by Crippen LogP contribution is -2.26. The SMILES string of the molecule is Cc1ccc(CCC(=O)NCc2ccc3c(c2)OCC(=O)N3)cc1. The number of carbonyl (C=O) groups is 2. The minimum absolute atomic E-state index is 0.0162. The van der Waals surface area contributed by atoms with Gasteiger partial charge in [-0.25, -0.2) is 0 Å². The van der Waals surface area contributed by atoms with Crippen molar-refractivity contribution in [3.05, 3.63) is 59.2 Å². The zero-order valence-corrected chi connectivity index (χ0v) is 13.6. The summed E-state index contributed by atoms with van der Waals surface area (Å²) in [4.78, 5) is 23.2. The zero-order valence-electron chi connectivity index (χ0n) is 13.6. The van der Waals surface area contributed by atoms with Gasteiger partial charge in [0, 0.05) is 13.0 Å². The highest BCUT2D eigenvalue weighted by Gasteiger charge is 2.15. The molecule has 0 spiro atoms. The molecular formula is C19H20N2O3. The summed E-state index contributed by atoms with van der Waals surface area (Å²) in [6, 6.07) is 13.7. The van der Waals surface area contributed by atoms with Gasteiger partial charge in [-0.05, 0) is 36.6 Å². The molecule has 3 rings (SSSR count). The highest BCUT2D eigenvalue weighted by Crippen LogP contribution is 2.28. The van der Waals surface area contributed by atoms with Crippen LogP contribution in [-0.2, 0) is 22.6 Å². The van der Waals surface area contributed by atoms with Crippen molar-refractivity contribution in [1.82, 2.24) is 5.32 Å². The van der Waals surface area contributed by atoms with Gasteiger partial charge < -0.3 is 15.4 Å². The second-order valence-electron chi connectivity index (χ2n) is 5.93. The van der Waals surface area contributed by atoms with Crippen LogP contribution in [0.25, 0.3) is 0 Å². The molecule has 2 aromatic rings. The molecule has 0 aromatic heterocycles. The van der Waals surface area contributed by atoms with Crippen LogP contribution in [0.2, 0.25) is 0 Å². The van der Waals surface area contributed by atoms with Gasteiger partial charge in [-0.3, -0.25) is 9.59 Å². The molecule has 0 atom stereocenters. The molecule has 2 N–H and O–H groups in total. The van der Waals surface area contributed by atoms with Crippen molar-refractivity contribution in [2.45, 2.75) is 26.3 Å². The van der Waals surface area contributed by atoms with Gasteiger partial charge in [-0.15, -0.1) is 0 Å². The Bertz CT molecular complexity index is 754. The maximum Gasteiger partial charge on any atom is 0.262 e. The molecule has 1 aliphatic heterocycles. The standard InChI is InChI=1S/C19H20N2O3/c1-13-2-4-14(5-3-13)7-9-18(22)20-11-15-6-8-16-17(10-15)24-12-19(23)21-16/h2-6,8,10H,7,9,11-12H2,1H3,(H,20,22)(H,21,23). The fraction of sp³-hybridized carbons (Fsp3) is 0.263. The van der Waals surface area contributed by atoms with E-state index in [0.717, 1.165) is 17.5 Å². The van der Waals surface area contributed by atoms with Crippen LogP contribution in [0.1, 0.15) is 23.1 Å². The van der Waals surface area contributed by atoms with E-state index in [2.05, 4.69) is 34.9 Å². The van der Waals surface area contributed by atoms with E-state index in [1.165, 1.54) is 5.56 Å². The molecule has 0 aliphatic carbocycles. The summed E-state index contributed by atoms with van der Waals surface area (Å²) >= 11 is 0. The van der Waals surface area contributed by atoms with Crippen LogP contribution in [-0.4, -0.2) is 18.4 Å². The highest BCUT2D eigenvalue weighted by atomic mass is 16.5. The summed E-state index contributed by atoms with van der Waals surface area (Å²) in [6.07, 6.45) is 1.19. The maximum atomic E-state index is 12.0. The maximum absolute atomic E-state index is 12.0. The van der Waals surface area contributed by atoms with Crippen molar-refractivity contribution >= 4 is 17.5 Å². The van der Waals surface area contributed by atoms with Gasteiger partial charge in [0.05, 0.1) is 5.69 Å². The molecule has 0 saturated carbocycles. The number of anilines is 1. The third kappa shape index (κ3) is 4.13. The topological polar surface area (TPSA) is 67.4 Å². The molecule has 1 heterocycles. The van der Waals surface area contributed by atoms with Crippen molar-refractivity contribution < 1.29 is 14.3 Å². The van der Waals surface area contributed by atoms with Crippen LogP contribution in [0, 0.1) is 6.92 Å². The number of carbonyl (C=O) groups excluding carboxylic acids is 2. The molecule has 1 aliphatic rings. The molecule has 0 radical (unpaired) electrons. The predicted octanol–water partition coefficient (Wildman–Crippen LogP) is 2.57. The molecule has 5 nitrogen and oxygen atoms in total. The number of rotatable bonds is 5. The van der Waals surface area contributed by atoms with E-state index in [0.29, 0.717) is 24.4 Å². The fourth-order valence-corrected chi connectivity index (χ4v) is 2.53. The molecule has 0 saturated heterocycles. The number of ether oxygens (including phenoxy) is 1. The lowest BCUT2D eigenvalue weighted by molar-refractivity contribution is -0.121. The largest absolute Gasteiger partial charge is 0.482 e. The van der Waals surface area contributed by atoms with E-state index >= 15 is 0 Å². The van der Waals surface area contributed by atoms with Crippen LogP contribution < -0.4 is 15.4 Å². The van der Waals surface area contributed by atoms with Crippen LogP contribution in [0.15, 0.2) is 42.5 Å². The number of nitrogens with one attached hydrogen (secondary N) is 2. The third-order valence-corrected chi connectivity index (χ3v) is 3.93. The number of fused-ring (bicyclic) bond motifs is 1. The average molecular weight is 324 g/mol. The predicted molar refractivity (Wildman–Crippen MR) is 91.9 cm³/mol. The first kappa shape index (κ1) is 16.1. The minimum Gasteiger partial charge on any atom is -0.482 e. The second kappa shape index (κ2) is 7.17. The van der Waals surface area contributed by atoms with E-state index < -0.39 is 0 Å². The van der Waals surface area contributed by atoms with Gasteiger partial charge in [0.25, 0.3) is 5.91 Å². The van der Waals surface area contributed by atoms with Crippen molar-refractivity contribution in [1.29, 1.82) is 0 Å². The molecule has 0 bridgehead atoms. The first-order valence-electron chi connectivity index (χ1n) is 7.98. The number of aryl methyl sites for hydroxylation is 2. The Kier molecular flexibility index (Phi) is 4.79. The molecule has 124 valence electrons. The van der Waals surface area contributed by atoms with E-state index in [1.807, 2.05) is 19.1 Å². The third-order valence-electron chi connectivity index (χ3n) is 3.93. The van der Waals surface area contributed by atoms with Crippen LogP contribution in [0.5, 0.6) is 5.75 Å². The smallest absolute Gasteiger partial charge is 0.262 e. The number of amides is 2. The van der Waals surface area contributed by atoms with Gasteiger partial charge in [0.1, 0.15) is 5.75 Å². The quantitative estimate of drug-likeness (QED) is 0.888. The number of benzene rings is 2. The Morgan fingerprint density at radius 3 is 2.71 bits per heavy atom. The number of hydrogen-bond acceptors (Lipinski definition) is 3. The molecule has 0 unspecified atom stereocenters. The van der Waals surface area contributed by atoms with Crippen molar-refractivity contribution in [3.8, 4) is 5.75 Å². The Labute approximate surface area is 141 Å². The van der Waals surface area contributed by atoms with Crippen LogP contribution in [0.4, 0.5) is 5.69 Å². The summed E-state index contributed by atoms with van der Waals surface area (Å²) in [6.45, 7) is 2.51. The van der Waals surface area contributed by atoms with E-state index in [1.54, 1.807) is 6.07 Å². The second-order valence-corrected chi connectivity index (χ2v) is 5.93. The molecule has 2 amide bonds. The molecular weight excluding hydrogens is 304 g/mol. The Morgan fingerprint density at radius 1 is 1.17 bits per heavy atom.